The molecule has 2 unspecified atom stereocenters. The van der Waals surface area contributed by atoms with Crippen LogP contribution < -0.4 is 5.32 Å². The third-order valence-corrected chi connectivity index (χ3v) is 7.19. The standard InChI is InChI=1S/C24H25N3O6S/c1-15(28)17-7-5-9-19(13-17)25-23(29)16(2)33-24(30)18-8-6-12-27(14-18)22-20-10-3-4-11-21(20)34(31,32)26-22/h3-5,7,9-11,13,16,18H,6,8,12,14H2,1-2H3,(H,25,29). The average molecular weight is 484 g/mol. The number of piperidine rings is 1. The van der Waals surface area contributed by atoms with Gasteiger partial charge < -0.3 is 15.0 Å². The van der Waals surface area contributed by atoms with Crippen molar-refractivity contribution in [3.05, 3.63) is 59.7 Å². The Morgan fingerprint density at radius 2 is 1.91 bits per heavy atom. The van der Waals surface area contributed by atoms with Gasteiger partial charge in [0.1, 0.15) is 4.90 Å². The lowest BCUT2D eigenvalue weighted by Crippen LogP contribution is -2.44. The van der Waals surface area contributed by atoms with E-state index in [4.69, 9.17) is 4.74 Å². The number of sulfonamides is 1. The molecule has 10 heteroatoms. The molecule has 2 heterocycles. The summed E-state index contributed by atoms with van der Waals surface area (Å²) < 4.78 is 34.1. The Labute approximate surface area is 197 Å². The average Bonchev–Trinajstić information content (AvgIpc) is 3.10. The van der Waals surface area contributed by atoms with Crippen LogP contribution in [0, 0.1) is 5.92 Å². The van der Waals surface area contributed by atoms with E-state index in [1.807, 2.05) is 0 Å². The number of likely N-dealkylation sites (tertiary alicyclic amines) is 1. The van der Waals surface area contributed by atoms with E-state index in [1.165, 1.54) is 19.9 Å². The molecule has 0 saturated carbocycles. The topological polar surface area (TPSA) is 122 Å². The number of hydrogen-bond acceptors (Lipinski definition) is 7. The third kappa shape index (κ3) is 4.86. The largest absolute Gasteiger partial charge is 0.452 e. The molecule has 0 bridgehead atoms. The summed E-state index contributed by atoms with van der Waals surface area (Å²) in [5.41, 5.74) is 1.42. The van der Waals surface area contributed by atoms with Crippen LogP contribution in [0.15, 0.2) is 57.8 Å². The number of ketones is 1. The Balaban J connectivity index is 1.39. The minimum Gasteiger partial charge on any atom is -0.452 e. The maximum atomic E-state index is 12.8. The van der Waals surface area contributed by atoms with Gasteiger partial charge in [0.25, 0.3) is 15.9 Å². The number of amides is 1. The van der Waals surface area contributed by atoms with E-state index in [2.05, 4.69) is 9.71 Å². The summed E-state index contributed by atoms with van der Waals surface area (Å²) in [4.78, 5) is 38.8. The first kappa shape index (κ1) is 23.6. The molecule has 2 atom stereocenters. The van der Waals surface area contributed by atoms with Gasteiger partial charge in [0, 0.05) is 29.9 Å². The van der Waals surface area contributed by atoms with Gasteiger partial charge in [0.15, 0.2) is 17.7 Å². The Morgan fingerprint density at radius 1 is 1.15 bits per heavy atom. The van der Waals surface area contributed by atoms with Crippen molar-refractivity contribution in [2.24, 2.45) is 10.3 Å². The summed E-state index contributed by atoms with van der Waals surface area (Å²) in [5.74, 6) is -1.35. The molecule has 1 saturated heterocycles. The van der Waals surface area contributed by atoms with Gasteiger partial charge in [0.2, 0.25) is 0 Å². The lowest BCUT2D eigenvalue weighted by Gasteiger charge is -2.33. The molecular formula is C24H25N3O6S. The molecule has 4 rings (SSSR count). The second kappa shape index (κ2) is 9.38. The van der Waals surface area contributed by atoms with E-state index in [0.717, 1.165) is 0 Å². The Hall–Kier alpha value is -3.53. The molecule has 0 radical (unpaired) electrons. The summed E-state index contributed by atoms with van der Waals surface area (Å²) >= 11 is 0. The molecule has 34 heavy (non-hydrogen) atoms. The molecule has 2 aliphatic heterocycles. The summed E-state index contributed by atoms with van der Waals surface area (Å²) in [5, 5.41) is 2.65. The number of anilines is 1. The predicted octanol–water partition coefficient (Wildman–Crippen LogP) is 2.62. The van der Waals surface area contributed by atoms with E-state index in [1.54, 1.807) is 47.4 Å². The maximum absolute atomic E-state index is 12.8. The molecule has 0 aliphatic carbocycles. The number of amidine groups is 1. The van der Waals surface area contributed by atoms with E-state index in [9.17, 15) is 22.8 Å². The van der Waals surface area contributed by atoms with Gasteiger partial charge in [0.05, 0.1) is 5.92 Å². The lowest BCUT2D eigenvalue weighted by molar-refractivity contribution is -0.158. The summed E-state index contributed by atoms with van der Waals surface area (Å²) in [6, 6.07) is 13.1. The summed E-state index contributed by atoms with van der Waals surface area (Å²) in [7, 11) is -3.75. The molecule has 2 aromatic rings. The van der Waals surface area contributed by atoms with Crippen LogP contribution in [0.4, 0.5) is 5.69 Å². The number of carbonyl (C=O) groups excluding carboxylic acids is 3. The minimum absolute atomic E-state index is 0.125. The second-order valence-electron chi connectivity index (χ2n) is 8.38. The monoisotopic (exact) mass is 483 g/mol. The second-order valence-corrected chi connectivity index (χ2v) is 9.95. The maximum Gasteiger partial charge on any atom is 0.311 e. The lowest BCUT2D eigenvalue weighted by atomic mass is 9.97. The van der Waals surface area contributed by atoms with Crippen molar-refractivity contribution in [3.8, 4) is 0 Å². The highest BCUT2D eigenvalue weighted by atomic mass is 32.2. The SMILES string of the molecule is CC(=O)c1cccc(NC(=O)C(C)OC(=O)C2CCCN(C3=NS(=O)(=O)c4ccccc43)C2)c1. The van der Waals surface area contributed by atoms with Crippen molar-refractivity contribution in [1.82, 2.24) is 4.90 Å². The van der Waals surface area contributed by atoms with Crippen molar-refractivity contribution in [2.45, 2.75) is 37.7 Å². The zero-order valence-corrected chi connectivity index (χ0v) is 19.7. The molecule has 1 amide bonds. The zero-order chi connectivity index (χ0) is 24.5. The van der Waals surface area contributed by atoms with Gasteiger partial charge in [-0.15, -0.1) is 4.40 Å². The number of nitrogens with zero attached hydrogens (tertiary/aromatic N) is 2. The van der Waals surface area contributed by atoms with Crippen LogP contribution in [-0.2, 0) is 24.3 Å². The first-order valence-electron chi connectivity index (χ1n) is 11.0. The van der Waals surface area contributed by atoms with Crippen molar-refractivity contribution in [3.63, 3.8) is 0 Å². The Kier molecular flexibility index (Phi) is 6.52. The van der Waals surface area contributed by atoms with Crippen molar-refractivity contribution >= 4 is 39.2 Å². The smallest absolute Gasteiger partial charge is 0.311 e. The van der Waals surface area contributed by atoms with Crippen LogP contribution in [-0.4, -0.2) is 56.0 Å². The Morgan fingerprint density at radius 3 is 2.68 bits per heavy atom. The summed E-state index contributed by atoms with van der Waals surface area (Å²) in [6.45, 7) is 3.72. The number of rotatable bonds is 5. The highest BCUT2D eigenvalue weighted by Crippen LogP contribution is 2.30. The van der Waals surface area contributed by atoms with E-state index in [0.29, 0.717) is 42.0 Å². The fraction of sp³-hybridized carbons (Fsp3) is 0.333. The predicted molar refractivity (Wildman–Crippen MR) is 125 cm³/mol. The van der Waals surface area contributed by atoms with Crippen LogP contribution in [0.5, 0.6) is 0 Å². The number of hydrogen-bond donors (Lipinski definition) is 1. The van der Waals surface area contributed by atoms with Crippen LogP contribution in [0.1, 0.15) is 42.6 Å². The minimum atomic E-state index is -3.75. The van der Waals surface area contributed by atoms with Gasteiger partial charge in [-0.3, -0.25) is 14.4 Å². The zero-order valence-electron chi connectivity index (χ0n) is 18.9. The highest BCUT2D eigenvalue weighted by Gasteiger charge is 2.36. The quantitative estimate of drug-likeness (QED) is 0.512. The molecule has 0 spiro atoms. The van der Waals surface area contributed by atoms with Crippen LogP contribution >= 0.6 is 0 Å². The number of nitrogens with one attached hydrogen (secondary N) is 1. The van der Waals surface area contributed by atoms with Gasteiger partial charge >= 0.3 is 5.97 Å². The molecule has 0 aromatic heterocycles. The van der Waals surface area contributed by atoms with Gasteiger partial charge in [-0.1, -0.05) is 24.3 Å². The van der Waals surface area contributed by atoms with Crippen molar-refractivity contribution < 1.29 is 27.5 Å². The number of carbonyl (C=O) groups is 3. The van der Waals surface area contributed by atoms with Gasteiger partial charge in [-0.25, -0.2) is 0 Å². The van der Waals surface area contributed by atoms with Crippen LogP contribution in [0.25, 0.3) is 0 Å². The Bertz CT molecular complexity index is 1290. The number of Topliss-reactive ketones (excluding diaryl/α,β-unsaturated/α-hetero) is 1. The van der Waals surface area contributed by atoms with E-state index < -0.39 is 33.9 Å². The molecule has 9 nitrogen and oxygen atoms in total. The number of benzene rings is 2. The molecule has 2 aromatic carbocycles. The van der Waals surface area contributed by atoms with Crippen LogP contribution in [0.2, 0.25) is 0 Å². The third-order valence-electron chi connectivity index (χ3n) is 5.87. The first-order chi connectivity index (χ1) is 16.2. The van der Waals surface area contributed by atoms with Gasteiger partial charge in [-0.2, -0.15) is 8.42 Å². The number of fused-ring (bicyclic) bond motifs is 1. The molecule has 1 fully saturated rings. The van der Waals surface area contributed by atoms with E-state index >= 15 is 0 Å². The highest BCUT2D eigenvalue weighted by molar-refractivity contribution is 7.90. The molecule has 2 aliphatic rings. The van der Waals surface area contributed by atoms with E-state index in [-0.39, 0.29) is 17.2 Å². The van der Waals surface area contributed by atoms with Crippen molar-refractivity contribution in [1.29, 1.82) is 0 Å². The first-order valence-corrected chi connectivity index (χ1v) is 12.4. The molecule has 1 N–H and O–H groups in total. The van der Waals surface area contributed by atoms with Crippen molar-refractivity contribution in [2.75, 3.05) is 18.4 Å². The normalized spacial score (nSPS) is 19.5. The molecule has 178 valence electrons. The fourth-order valence-corrected chi connectivity index (χ4v) is 5.29. The fourth-order valence-electron chi connectivity index (χ4n) is 4.06. The number of esters is 1. The molecular weight excluding hydrogens is 458 g/mol. The number of ether oxygens (including phenoxy) is 1. The van der Waals surface area contributed by atoms with Gasteiger partial charge in [-0.05, 0) is 51.0 Å². The van der Waals surface area contributed by atoms with Crippen LogP contribution in [0.3, 0.4) is 0 Å². The summed E-state index contributed by atoms with van der Waals surface area (Å²) in [6.07, 6.45) is 0.166.